The Morgan fingerprint density at radius 2 is 2.00 bits per heavy atom. The first kappa shape index (κ1) is 14.3. The first-order valence-corrected chi connectivity index (χ1v) is 7.27. The van der Waals surface area contributed by atoms with Crippen LogP contribution in [-0.4, -0.2) is 25.7 Å². The van der Waals surface area contributed by atoms with Gasteiger partial charge in [0.2, 0.25) is 0 Å². The number of nitrogens with zero attached hydrogens (tertiary/aromatic N) is 3. The second kappa shape index (κ2) is 5.29. The van der Waals surface area contributed by atoms with Crippen LogP contribution in [0.2, 0.25) is 10.3 Å². The molecule has 0 atom stereocenters. The molecule has 0 spiro atoms. The van der Waals surface area contributed by atoms with E-state index in [0.29, 0.717) is 5.56 Å². The summed E-state index contributed by atoms with van der Waals surface area (Å²) >= 11 is 16.0. The normalized spacial score (nSPS) is 11.0. The topological polar surface area (TPSA) is 67.5 Å². The molecular formula is C13H6BrCl2N3O2. The molecule has 2 aromatic heterocycles. The maximum Gasteiger partial charge on any atom is 0.356 e. The van der Waals surface area contributed by atoms with Gasteiger partial charge in [0.25, 0.3) is 0 Å². The highest BCUT2D eigenvalue weighted by Gasteiger charge is 2.19. The lowest BCUT2D eigenvalue weighted by atomic mass is 10.1. The Kier molecular flexibility index (Phi) is 3.61. The molecule has 0 aliphatic rings. The van der Waals surface area contributed by atoms with Gasteiger partial charge in [-0.2, -0.15) is 5.10 Å². The van der Waals surface area contributed by atoms with Crippen molar-refractivity contribution < 1.29 is 9.90 Å². The van der Waals surface area contributed by atoms with Crippen molar-refractivity contribution in [3.63, 3.8) is 0 Å². The zero-order chi connectivity index (χ0) is 15.1. The lowest BCUT2D eigenvalue weighted by Crippen LogP contribution is -2.00. The van der Waals surface area contributed by atoms with E-state index < -0.39 is 5.97 Å². The summed E-state index contributed by atoms with van der Waals surface area (Å²) in [4.78, 5) is 15.1. The van der Waals surface area contributed by atoms with Gasteiger partial charge in [-0.15, -0.1) is 0 Å². The van der Waals surface area contributed by atoms with Crippen LogP contribution < -0.4 is 0 Å². The summed E-state index contributed by atoms with van der Waals surface area (Å²) in [6.45, 7) is 0. The van der Waals surface area contributed by atoms with E-state index in [1.54, 1.807) is 0 Å². The molecule has 1 aromatic carbocycles. The summed E-state index contributed by atoms with van der Waals surface area (Å²) in [5, 5.41) is 13.3. The maximum atomic E-state index is 11.0. The van der Waals surface area contributed by atoms with Crippen LogP contribution in [0.5, 0.6) is 0 Å². The number of hydrogen-bond acceptors (Lipinski definition) is 3. The number of rotatable bonds is 2. The Morgan fingerprint density at radius 3 is 2.67 bits per heavy atom. The van der Waals surface area contributed by atoms with E-state index in [9.17, 15) is 4.79 Å². The summed E-state index contributed by atoms with van der Waals surface area (Å²) in [5.41, 5.74) is 1.36. The van der Waals surface area contributed by atoms with Crippen LogP contribution in [0.1, 0.15) is 10.5 Å². The minimum Gasteiger partial charge on any atom is -0.476 e. The number of fused-ring (bicyclic) bond motifs is 1. The van der Waals surface area contributed by atoms with Crippen LogP contribution in [0, 0.1) is 0 Å². The smallest absolute Gasteiger partial charge is 0.356 e. The van der Waals surface area contributed by atoms with Gasteiger partial charge in [-0.3, -0.25) is 0 Å². The van der Waals surface area contributed by atoms with E-state index in [0.717, 1.165) is 10.0 Å². The molecule has 0 amide bonds. The lowest BCUT2D eigenvalue weighted by molar-refractivity contribution is 0.0690. The number of benzene rings is 1. The van der Waals surface area contributed by atoms with E-state index in [2.05, 4.69) is 26.0 Å². The molecular weight excluding hydrogens is 381 g/mol. The van der Waals surface area contributed by atoms with Crippen molar-refractivity contribution in [2.24, 2.45) is 0 Å². The average molecular weight is 387 g/mol. The summed E-state index contributed by atoms with van der Waals surface area (Å²) < 4.78 is 2.05. The lowest BCUT2D eigenvalue weighted by Gasteiger charge is -2.09. The Labute approximate surface area is 137 Å². The highest BCUT2D eigenvalue weighted by Crippen LogP contribution is 2.37. The van der Waals surface area contributed by atoms with Crippen LogP contribution in [0.3, 0.4) is 0 Å². The van der Waals surface area contributed by atoms with Gasteiger partial charge in [-0.05, 0) is 6.07 Å². The van der Waals surface area contributed by atoms with Crippen LogP contribution >= 0.6 is 39.1 Å². The molecule has 0 unspecified atom stereocenters. The fourth-order valence-corrected chi connectivity index (χ4v) is 3.06. The Bertz CT molecular complexity index is 879. The molecule has 21 heavy (non-hydrogen) atoms. The van der Waals surface area contributed by atoms with Crippen molar-refractivity contribution in [3.8, 4) is 11.1 Å². The van der Waals surface area contributed by atoms with E-state index in [4.69, 9.17) is 28.3 Å². The van der Waals surface area contributed by atoms with Gasteiger partial charge in [0, 0.05) is 16.1 Å². The molecule has 0 bridgehead atoms. The van der Waals surface area contributed by atoms with Crippen molar-refractivity contribution in [2.45, 2.75) is 0 Å². The zero-order valence-electron chi connectivity index (χ0n) is 10.2. The standard InChI is InChI=1S/C13H6BrCl2N3O2/c14-7-4-2-1-3-6(7)10-11(15)17-9-5-8(13(20)21)18-19(9)12(10)16/h1-5H,(H,20,21). The van der Waals surface area contributed by atoms with Gasteiger partial charge in [0.15, 0.2) is 11.3 Å². The zero-order valence-corrected chi connectivity index (χ0v) is 13.3. The van der Waals surface area contributed by atoms with Gasteiger partial charge in [0.05, 0.1) is 5.56 Å². The largest absolute Gasteiger partial charge is 0.476 e. The molecule has 0 aliphatic heterocycles. The molecule has 1 N–H and O–H groups in total. The number of aromatic carboxylic acids is 1. The molecule has 0 aliphatic carbocycles. The van der Waals surface area contributed by atoms with Crippen LogP contribution in [0.4, 0.5) is 0 Å². The highest BCUT2D eigenvalue weighted by molar-refractivity contribution is 9.10. The van der Waals surface area contributed by atoms with Gasteiger partial charge in [-0.1, -0.05) is 57.3 Å². The Balaban J connectivity index is 2.34. The van der Waals surface area contributed by atoms with Gasteiger partial charge in [0.1, 0.15) is 10.3 Å². The SMILES string of the molecule is O=C(O)c1cc2nc(Cl)c(-c3ccccc3Br)c(Cl)n2n1. The van der Waals surface area contributed by atoms with E-state index in [-0.39, 0.29) is 21.6 Å². The predicted octanol–water partition coefficient (Wildman–Crippen LogP) is 4.16. The monoisotopic (exact) mass is 385 g/mol. The first-order chi connectivity index (χ1) is 9.99. The fourth-order valence-electron chi connectivity index (χ4n) is 1.93. The molecule has 2 heterocycles. The maximum absolute atomic E-state index is 11.0. The number of halogens is 3. The first-order valence-electron chi connectivity index (χ1n) is 5.72. The number of carboxylic acids is 1. The van der Waals surface area contributed by atoms with Crippen LogP contribution in [0.25, 0.3) is 16.8 Å². The molecule has 0 saturated carbocycles. The second-order valence-corrected chi connectivity index (χ2v) is 5.72. The van der Waals surface area contributed by atoms with Gasteiger partial charge in [-0.25, -0.2) is 14.3 Å². The highest BCUT2D eigenvalue weighted by atomic mass is 79.9. The summed E-state index contributed by atoms with van der Waals surface area (Å²) in [5.74, 6) is -1.16. The number of carboxylic acid groups (broad SMARTS) is 1. The number of aromatic nitrogens is 3. The van der Waals surface area contributed by atoms with Crippen LogP contribution in [0.15, 0.2) is 34.8 Å². The van der Waals surface area contributed by atoms with E-state index in [1.165, 1.54) is 10.6 Å². The van der Waals surface area contributed by atoms with Crippen LogP contribution in [-0.2, 0) is 0 Å². The van der Waals surface area contributed by atoms with Crippen molar-refractivity contribution in [1.29, 1.82) is 0 Å². The van der Waals surface area contributed by atoms with Crippen molar-refractivity contribution in [2.75, 3.05) is 0 Å². The third kappa shape index (κ3) is 2.39. The molecule has 0 radical (unpaired) electrons. The summed E-state index contributed by atoms with van der Waals surface area (Å²) in [6, 6.07) is 8.68. The molecule has 3 aromatic rings. The Hall–Kier alpha value is -1.63. The molecule has 0 saturated heterocycles. The molecule has 5 nitrogen and oxygen atoms in total. The third-order valence-corrected chi connectivity index (χ3v) is 4.18. The molecule has 0 fully saturated rings. The van der Waals surface area contributed by atoms with E-state index >= 15 is 0 Å². The minimum absolute atomic E-state index is 0.148. The molecule has 106 valence electrons. The summed E-state index contributed by atoms with van der Waals surface area (Å²) in [7, 11) is 0. The number of hydrogen-bond donors (Lipinski definition) is 1. The quantitative estimate of drug-likeness (QED) is 0.671. The molecule has 8 heteroatoms. The van der Waals surface area contributed by atoms with Gasteiger partial charge < -0.3 is 5.11 Å². The Morgan fingerprint density at radius 1 is 1.29 bits per heavy atom. The van der Waals surface area contributed by atoms with Crippen molar-refractivity contribution >= 4 is 50.7 Å². The third-order valence-electron chi connectivity index (χ3n) is 2.86. The fraction of sp³-hybridized carbons (Fsp3) is 0. The van der Waals surface area contributed by atoms with E-state index in [1.807, 2.05) is 24.3 Å². The minimum atomic E-state index is -1.16. The van der Waals surface area contributed by atoms with Gasteiger partial charge >= 0.3 is 5.97 Å². The molecule has 3 rings (SSSR count). The average Bonchev–Trinajstić information content (AvgIpc) is 2.85. The van der Waals surface area contributed by atoms with Crippen molar-refractivity contribution in [3.05, 3.63) is 50.8 Å². The predicted molar refractivity (Wildman–Crippen MR) is 83.1 cm³/mol. The number of carbonyl (C=O) groups is 1. The second-order valence-electron chi connectivity index (χ2n) is 4.15. The van der Waals surface area contributed by atoms with Crippen molar-refractivity contribution in [1.82, 2.24) is 14.6 Å². The summed E-state index contributed by atoms with van der Waals surface area (Å²) in [6.07, 6.45) is 0.